The number of aromatic nitrogens is 3. The van der Waals surface area contributed by atoms with Gasteiger partial charge >= 0.3 is 12.2 Å². The molecule has 222 valence electrons. The van der Waals surface area contributed by atoms with E-state index in [9.17, 15) is 19.2 Å². The highest BCUT2D eigenvalue weighted by molar-refractivity contribution is 5.95. The Hall–Kier alpha value is -5.02. The van der Waals surface area contributed by atoms with Crippen LogP contribution in [0.4, 0.5) is 29.7 Å². The molecule has 1 N–H and O–H groups in total. The Morgan fingerprint density at radius 1 is 1.17 bits per heavy atom. The van der Waals surface area contributed by atoms with Crippen LogP contribution in [0, 0.1) is 11.6 Å². The number of piperazine rings is 1. The van der Waals surface area contributed by atoms with E-state index in [1.54, 1.807) is 22.9 Å². The van der Waals surface area contributed by atoms with Crippen molar-refractivity contribution in [3.8, 4) is 0 Å². The lowest BCUT2D eigenvalue weighted by Crippen LogP contribution is -2.51. The summed E-state index contributed by atoms with van der Waals surface area (Å²) in [6, 6.07) is 3.79. The number of rotatable bonds is 7. The van der Waals surface area contributed by atoms with Gasteiger partial charge in [0.2, 0.25) is 11.7 Å². The minimum absolute atomic E-state index is 0.0210. The largest absolute Gasteiger partial charge is 0.453 e. The average molecular weight is 587 g/mol. The van der Waals surface area contributed by atoms with E-state index in [4.69, 9.17) is 4.74 Å². The molecule has 0 radical (unpaired) electrons. The normalized spacial score (nSPS) is 16.9. The second-order valence-corrected chi connectivity index (χ2v) is 9.73. The molecule has 3 aromatic rings. The zero-order chi connectivity index (χ0) is 30.0. The van der Waals surface area contributed by atoms with E-state index in [1.165, 1.54) is 35.1 Å². The van der Waals surface area contributed by atoms with Gasteiger partial charge in [-0.15, -0.1) is 0 Å². The first-order valence-electron chi connectivity index (χ1n) is 13.0. The molecule has 1 atom stereocenters. The van der Waals surface area contributed by atoms with Crippen molar-refractivity contribution >= 4 is 41.2 Å². The molecule has 0 bridgehead atoms. The molecule has 2 aromatic heterocycles. The van der Waals surface area contributed by atoms with E-state index in [0.29, 0.717) is 5.78 Å². The number of benzene rings is 1. The molecule has 14 nitrogen and oxygen atoms in total. The molecule has 0 saturated carbocycles. The number of amides is 4. The van der Waals surface area contributed by atoms with Crippen molar-refractivity contribution in [1.29, 1.82) is 0 Å². The molecule has 2 aliphatic rings. The van der Waals surface area contributed by atoms with Crippen LogP contribution in [0.1, 0.15) is 10.5 Å². The van der Waals surface area contributed by atoms with Crippen LogP contribution in [0.3, 0.4) is 0 Å². The number of likely N-dealkylation sites (N-methyl/N-ethyl adjacent to an activating group) is 1. The molecular weight excluding hydrogens is 558 g/mol. The maximum atomic E-state index is 15.2. The second kappa shape index (κ2) is 11.8. The molecule has 42 heavy (non-hydrogen) atoms. The number of carbonyl (C=O) groups excluding carboxylic acids is 4. The number of alkyl carbamates (subject to hydrolysis) is 1. The van der Waals surface area contributed by atoms with Crippen molar-refractivity contribution in [3.63, 3.8) is 0 Å². The predicted octanol–water partition coefficient (Wildman–Crippen LogP) is 1.11. The number of hydrogen-bond donors (Lipinski definition) is 1. The Morgan fingerprint density at radius 2 is 1.88 bits per heavy atom. The summed E-state index contributed by atoms with van der Waals surface area (Å²) in [7, 11) is 2.69. The molecule has 2 fully saturated rings. The fourth-order valence-corrected chi connectivity index (χ4v) is 4.80. The van der Waals surface area contributed by atoms with E-state index in [-0.39, 0.29) is 68.8 Å². The highest BCUT2D eigenvalue weighted by atomic mass is 19.1. The Kier molecular flexibility index (Phi) is 8.04. The van der Waals surface area contributed by atoms with Crippen molar-refractivity contribution in [1.82, 2.24) is 29.5 Å². The fourth-order valence-electron chi connectivity index (χ4n) is 4.80. The summed E-state index contributed by atoms with van der Waals surface area (Å²) in [4.78, 5) is 62.8. The highest BCUT2D eigenvalue weighted by Gasteiger charge is 2.34. The number of nitrogens with one attached hydrogen (secondary N) is 1. The summed E-state index contributed by atoms with van der Waals surface area (Å²) in [6.45, 7) is 0.443. The minimum atomic E-state index is -0.874. The van der Waals surface area contributed by atoms with Gasteiger partial charge in [-0.3, -0.25) is 18.9 Å². The van der Waals surface area contributed by atoms with Crippen molar-refractivity contribution < 1.29 is 37.4 Å². The lowest BCUT2D eigenvalue weighted by atomic mass is 10.2. The molecule has 0 aliphatic carbocycles. The van der Waals surface area contributed by atoms with Gasteiger partial charge in [0.1, 0.15) is 17.5 Å². The van der Waals surface area contributed by atoms with Gasteiger partial charge in [-0.2, -0.15) is 0 Å². The Labute approximate surface area is 238 Å². The van der Waals surface area contributed by atoms with Crippen LogP contribution < -0.4 is 15.1 Å². The van der Waals surface area contributed by atoms with E-state index < -0.39 is 35.8 Å². The number of ether oxygens (including phenoxy) is 2. The first kappa shape index (κ1) is 28.5. The topological polar surface area (TPSA) is 142 Å². The number of anilines is 2. The lowest BCUT2D eigenvalue weighted by Gasteiger charge is -2.37. The van der Waals surface area contributed by atoms with Crippen LogP contribution in [-0.2, 0) is 14.3 Å². The maximum absolute atomic E-state index is 15.2. The van der Waals surface area contributed by atoms with Crippen molar-refractivity contribution in [3.05, 3.63) is 54.1 Å². The number of cyclic esters (lactones) is 1. The van der Waals surface area contributed by atoms with E-state index >= 15 is 8.78 Å². The van der Waals surface area contributed by atoms with Crippen LogP contribution >= 0.6 is 0 Å². The molecule has 2 aliphatic heterocycles. The monoisotopic (exact) mass is 586 g/mol. The molecule has 4 amide bonds. The Morgan fingerprint density at radius 3 is 2.55 bits per heavy atom. The number of methoxy groups -OCH3 is 1. The zero-order valence-electron chi connectivity index (χ0n) is 22.8. The van der Waals surface area contributed by atoms with Crippen LogP contribution in [-0.4, -0.2) is 114 Å². The first-order valence-corrected chi connectivity index (χ1v) is 13.0. The van der Waals surface area contributed by atoms with Crippen LogP contribution in [0.5, 0.6) is 0 Å². The number of hydrogen-bond acceptors (Lipinski definition) is 9. The van der Waals surface area contributed by atoms with Gasteiger partial charge in [-0.05, 0) is 6.07 Å². The first-order chi connectivity index (χ1) is 20.1. The lowest BCUT2D eigenvalue weighted by molar-refractivity contribution is -0.132. The third-order valence-corrected chi connectivity index (χ3v) is 6.97. The van der Waals surface area contributed by atoms with Gasteiger partial charge in [-0.25, -0.2) is 28.3 Å². The fraction of sp³-hybridized carbons (Fsp3) is 0.385. The Bertz CT molecular complexity index is 1470. The third kappa shape index (κ3) is 5.87. The summed E-state index contributed by atoms with van der Waals surface area (Å²) in [5, 5.41) is 2.41. The highest BCUT2D eigenvalue weighted by Crippen LogP contribution is 2.31. The summed E-state index contributed by atoms with van der Waals surface area (Å²) in [6.07, 6.45) is 2.58. The van der Waals surface area contributed by atoms with Gasteiger partial charge in [-0.1, -0.05) is 0 Å². The van der Waals surface area contributed by atoms with Gasteiger partial charge in [0.25, 0.3) is 5.91 Å². The standard InChI is InChI=1S/C26H28F2N8O6/c1-32(23(38)20-14-35-5-3-4-29-24(35)31-20)15-21(37)33-6-8-34(9-7-33)22-18(27)10-16(11-19(22)28)36-13-17(42-26(36)40)12-30-25(39)41-2/h3-5,10-11,14,17H,6-9,12-13,15H2,1-2H3,(H,30,39). The van der Waals surface area contributed by atoms with Crippen LogP contribution in [0.25, 0.3) is 5.78 Å². The van der Waals surface area contributed by atoms with Gasteiger partial charge < -0.3 is 29.5 Å². The van der Waals surface area contributed by atoms with E-state index in [1.807, 2.05) is 0 Å². The predicted molar refractivity (Wildman–Crippen MR) is 143 cm³/mol. The molecule has 4 heterocycles. The Balaban J connectivity index is 1.16. The van der Waals surface area contributed by atoms with Crippen molar-refractivity contribution in [2.24, 2.45) is 0 Å². The van der Waals surface area contributed by atoms with Crippen LogP contribution in [0.15, 0.2) is 36.8 Å². The number of carbonyl (C=O) groups is 4. The van der Waals surface area contributed by atoms with Crippen LogP contribution in [0.2, 0.25) is 0 Å². The summed E-state index contributed by atoms with van der Waals surface area (Å²) in [5.41, 5.74) is -0.143. The molecule has 16 heteroatoms. The third-order valence-electron chi connectivity index (χ3n) is 6.97. The van der Waals surface area contributed by atoms with E-state index in [2.05, 4.69) is 20.0 Å². The molecule has 0 spiro atoms. The smallest absolute Gasteiger partial charge is 0.414 e. The van der Waals surface area contributed by atoms with Crippen molar-refractivity contribution in [2.45, 2.75) is 6.10 Å². The second-order valence-electron chi connectivity index (χ2n) is 9.73. The van der Waals surface area contributed by atoms with Crippen molar-refractivity contribution in [2.75, 3.05) is 69.8 Å². The van der Waals surface area contributed by atoms with Gasteiger partial charge in [0.05, 0.1) is 32.4 Å². The molecule has 1 aromatic carbocycles. The summed E-state index contributed by atoms with van der Waals surface area (Å²) < 4.78 is 41.5. The summed E-state index contributed by atoms with van der Waals surface area (Å²) >= 11 is 0. The molecule has 1 unspecified atom stereocenters. The minimum Gasteiger partial charge on any atom is -0.453 e. The van der Waals surface area contributed by atoms with E-state index in [0.717, 1.165) is 17.0 Å². The molecule has 5 rings (SSSR count). The van der Waals surface area contributed by atoms with Gasteiger partial charge in [0, 0.05) is 63.9 Å². The number of imidazole rings is 1. The maximum Gasteiger partial charge on any atom is 0.414 e. The molecule has 2 saturated heterocycles. The zero-order valence-corrected chi connectivity index (χ0v) is 22.8. The number of halogens is 2. The van der Waals surface area contributed by atoms with Gasteiger partial charge in [0.15, 0.2) is 11.6 Å². The quantitative estimate of drug-likeness (QED) is 0.431. The number of nitrogens with zero attached hydrogens (tertiary/aromatic N) is 7. The molecular formula is C26H28F2N8O6. The SMILES string of the molecule is COC(=O)NCC1CN(c2cc(F)c(N3CCN(C(=O)CN(C)C(=O)c4cn5cccnc5n4)CC3)c(F)c2)C(=O)O1. The summed E-state index contributed by atoms with van der Waals surface area (Å²) in [5.74, 6) is -2.14. The number of fused-ring (bicyclic) bond motifs is 1. The average Bonchev–Trinajstić information content (AvgIpc) is 3.58.